The molecule has 0 bridgehead atoms. The molecule has 1 aromatic carbocycles. The van der Waals surface area contributed by atoms with E-state index < -0.39 is 10.6 Å². The lowest BCUT2D eigenvalue weighted by Crippen LogP contribution is -1.82. The molecular formula is C7H9NO2S. The Morgan fingerprint density at radius 2 is 1.91 bits per heavy atom. The van der Waals surface area contributed by atoms with Crippen molar-refractivity contribution >= 4 is 10.6 Å². The molecule has 0 aliphatic heterocycles. The van der Waals surface area contributed by atoms with Crippen LogP contribution in [0.2, 0.25) is 0 Å². The highest BCUT2D eigenvalue weighted by Gasteiger charge is 1.91. The van der Waals surface area contributed by atoms with E-state index in [1.165, 1.54) is 0 Å². The van der Waals surface area contributed by atoms with Gasteiger partial charge in [-0.2, -0.15) is 0 Å². The monoisotopic (exact) mass is 171 g/mol. The van der Waals surface area contributed by atoms with Crippen molar-refractivity contribution in [2.24, 2.45) is 0 Å². The Morgan fingerprint density at radius 1 is 1.36 bits per heavy atom. The van der Waals surface area contributed by atoms with Crippen LogP contribution in [-0.2, 0) is 10.6 Å². The van der Waals surface area contributed by atoms with Gasteiger partial charge in [0, 0.05) is 4.90 Å². The van der Waals surface area contributed by atoms with Crippen LogP contribution < -0.4 is 4.74 Å². The van der Waals surface area contributed by atoms with Crippen LogP contribution in [0.1, 0.15) is 0 Å². The molecule has 0 aliphatic rings. The zero-order chi connectivity index (χ0) is 8.27. The summed E-state index contributed by atoms with van der Waals surface area (Å²) in [5.41, 5.74) is 0. The first-order chi connectivity index (χ1) is 5.24. The minimum Gasteiger partial charge on any atom is -0.497 e. The van der Waals surface area contributed by atoms with E-state index >= 15 is 0 Å². The minimum absolute atomic E-state index is 0.529. The Bertz CT molecular complexity index is 295. The van der Waals surface area contributed by atoms with Gasteiger partial charge in [-0.1, -0.05) is 0 Å². The Morgan fingerprint density at radius 3 is 2.27 bits per heavy atom. The molecule has 0 spiro atoms. The summed E-state index contributed by atoms with van der Waals surface area (Å²) in [6.07, 6.45) is 0. The van der Waals surface area contributed by atoms with E-state index in [1.807, 2.05) is 0 Å². The third kappa shape index (κ3) is 1.94. The summed E-state index contributed by atoms with van der Waals surface area (Å²) in [6, 6.07) is 6.64. The highest BCUT2D eigenvalue weighted by Crippen LogP contribution is 2.11. The summed E-state index contributed by atoms with van der Waals surface area (Å²) in [5.74, 6) is 0.714. The Kier molecular flexibility index (Phi) is 2.48. The zero-order valence-corrected chi connectivity index (χ0v) is 6.97. The molecule has 60 valence electrons. The van der Waals surface area contributed by atoms with Crippen LogP contribution in [0.25, 0.3) is 0 Å². The lowest BCUT2D eigenvalue weighted by atomic mass is 10.3. The SMILES string of the molecule is COc1ccc([SH](=N)=O)cc1. The fourth-order valence-corrected chi connectivity index (χ4v) is 1.14. The Balaban J connectivity index is 3.01. The van der Waals surface area contributed by atoms with Gasteiger partial charge in [-0.3, -0.25) is 4.78 Å². The Hall–Kier alpha value is -1.03. The normalized spacial score (nSPS) is 12.5. The van der Waals surface area contributed by atoms with E-state index in [2.05, 4.69) is 0 Å². The highest BCUT2D eigenvalue weighted by atomic mass is 32.2. The second-order valence-electron chi connectivity index (χ2n) is 1.99. The van der Waals surface area contributed by atoms with E-state index in [9.17, 15) is 4.21 Å². The molecule has 1 rings (SSSR count). The number of thiol groups is 1. The van der Waals surface area contributed by atoms with Crippen LogP contribution in [-0.4, -0.2) is 11.3 Å². The quantitative estimate of drug-likeness (QED) is 0.659. The van der Waals surface area contributed by atoms with Crippen molar-refractivity contribution in [2.75, 3.05) is 7.11 Å². The Labute approximate surface area is 67.0 Å². The number of hydrogen-bond acceptors (Lipinski definition) is 3. The van der Waals surface area contributed by atoms with Gasteiger partial charge >= 0.3 is 0 Å². The molecule has 0 radical (unpaired) electrons. The van der Waals surface area contributed by atoms with Crippen LogP contribution in [0, 0.1) is 4.78 Å². The van der Waals surface area contributed by atoms with Crippen molar-refractivity contribution in [3.63, 3.8) is 0 Å². The smallest absolute Gasteiger partial charge is 0.118 e. The van der Waals surface area contributed by atoms with Crippen molar-refractivity contribution in [1.82, 2.24) is 0 Å². The van der Waals surface area contributed by atoms with Crippen molar-refractivity contribution in [1.29, 1.82) is 4.78 Å². The topological polar surface area (TPSA) is 50.1 Å². The second kappa shape index (κ2) is 3.39. The maximum atomic E-state index is 10.6. The lowest BCUT2D eigenvalue weighted by molar-refractivity contribution is 0.414. The van der Waals surface area contributed by atoms with E-state index in [1.54, 1.807) is 31.4 Å². The standard InChI is InChI=1S/C7H9NO2S/c1-10-6-2-4-7(5-3-6)11(8)9/h2-5,8,11H,1H3. The molecule has 0 saturated carbocycles. The molecular weight excluding hydrogens is 162 g/mol. The number of nitrogens with one attached hydrogen (secondary N) is 1. The molecule has 0 aromatic heterocycles. The van der Waals surface area contributed by atoms with Crippen molar-refractivity contribution in [2.45, 2.75) is 4.90 Å². The van der Waals surface area contributed by atoms with Crippen LogP contribution >= 0.6 is 0 Å². The van der Waals surface area contributed by atoms with Gasteiger partial charge in [0.1, 0.15) is 5.75 Å². The van der Waals surface area contributed by atoms with Gasteiger partial charge in [0.25, 0.3) is 0 Å². The van der Waals surface area contributed by atoms with Crippen molar-refractivity contribution in [3.05, 3.63) is 24.3 Å². The average molecular weight is 171 g/mol. The maximum Gasteiger partial charge on any atom is 0.118 e. The third-order valence-corrected chi connectivity index (χ3v) is 2.07. The third-order valence-electron chi connectivity index (χ3n) is 1.31. The number of methoxy groups -OCH3 is 1. The van der Waals surface area contributed by atoms with Crippen LogP contribution in [0.15, 0.2) is 29.2 Å². The predicted molar refractivity (Wildman–Crippen MR) is 43.5 cm³/mol. The molecule has 0 saturated heterocycles. The van der Waals surface area contributed by atoms with Crippen LogP contribution in [0.5, 0.6) is 5.75 Å². The molecule has 1 aromatic rings. The van der Waals surface area contributed by atoms with Crippen molar-refractivity contribution < 1.29 is 8.95 Å². The van der Waals surface area contributed by atoms with Gasteiger partial charge in [-0.05, 0) is 24.3 Å². The average Bonchev–Trinajstić information content (AvgIpc) is 2.05. The van der Waals surface area contributed by atoms with E-state index in [-0.39, 0.29) is 0 Å². The summed E-state index contributed by atoms with van der Waals surface area (Å²) in [7, 11) is -0.403. The highest BCUT2D eigenvalue weighted by molar-refractivity contribution is 7.73. The van der Waals surface area contributed by atoms with Gasteiger partial charge in [0.15, 0.2) is 0 Å². The van der Waals surface area contributed by atoms with E-state index in [4.69, 9.17) is 9.52 Å². The molecule has 0 aliphatic carbocycles. The summed E-state index contributed by atoms with van der Waals surface area (Å²) in [5, 5.41) is 0. The number of benzene rings is 1. The summed E-state index contributed by atoms with van der Waals surface area (Å²) >= 11 is 0. The largest absolute Gasteiger partial charge is 0.497 e. The molecule has 1 atom stereocenters. The van der Waals surface area contributed by atoms with E-state index in [0.717, 1.165) is 0 Å². The number of rotatable bonds is 2. The number of hydrogen-bond donors (Lipinski definition) is 2. The minimum atomic E-state index is -1.97. The van der Waals surface area contributed by atoms with Gasteiger partial charge in [-0.25, -0.2) is 4.21 Å². The van der Waals surface area contributed by atoms with Gasteiger partial charge in [0.2, 0.25) is 0 Å². The summed E-state index contributed by atoms with van der Waals surface area (Å²) in [6.45, 7) is 0. The van der Waals surface area contributed by atoms with Gasteiger partial charge in [-0.15, -0.1) is 0 Å². The number of ether oxygens (including phenoxy) is 1. The summed E-state index contributed by atoms with van der Waals surface area (Å²) in [4.78, 5) is 0.529. The predicted octanol–water partition coefficient (Wildman–Crippen LogP) is 1.30. The molecule has 3 nitrogen and oxygen atoms in total. The molecule has 0 fully saturated rings. The van der Waals surface area contributed by atoms with E-state index in [0.29, 0.717) is 10.6 Å². The fraction of sp³-hybridized carbons (Fsp3) is 0.143. The first-order valence-corrected chi connectivity index (χ1v) is 4.32. The molecule has 11 heavy (non-hydrogen) atoms. The molecule has 4 heteroatoms. The molecule has 1 N–H and O–H groups in total. The van der Waals surface area contributed by atoms with Gasteiger partial charge < -0.3 is 4.74 Å². The first kappa shape index (κ1) is 8.07. The second-order valence-corrected chi connectivity index (χ2v) is 3.10. The zero-order valence-electron chi connectivity index (χ0n) is 6.07. The van der Waals surface area contributed by atoms with Gasteiger partial charge in [0.05, 0.1) is 17.7 Å². The molecule has 0 heterocycles. The lowest BCUT2D eigenvalue weighted by Gasteiger charge is -1.97. The molecule has 1 unspecified atom stereocenters. The van der Waals surface area contributed by atoms with Crippen LogP contribution in [0.3, 0.4) is 0 Å². The maximum absolute atomic E-state index is 10.6. The van der Waals surface area contributed by atoms with Crippen LogP contribution in [0.4, 0.5) is 0 Å². The van der Waals surface area contributed by atoms with Crippen molar-refractivity contribution in [3.8, 4) is 5.75 Å². The summed E-state index contributed by atoms with van der Waals surface area (Å²) < 4.78 is 22.4. The molecule has 0 amide bonds. The fourth-order valence-electron chi connectivity index (χ4n) is 0.718. The first-order valence-electron chi connectivity index (χ1n) is 3.06.